The molecule has 3 fully saturated rings. The van der Waals surface area contributed by atoms with Crippen molar-refractivity contribution in [3.8, 4) is 6.07 Å². The predicted octanol–water partition coefficient (Wildman–Crippen LogP) is 2.41. The van der Waals surface area contributed by atoms with E-state index >= 15 is 0 Å². The maximum atomic E-state index is 13.7. The molecule has 212 valence electrons. The van der Waals surface area contributed by atoms with Gasteiger partial charge in [0.05, 0.1) is 6.07 Å². The highest BCUT2D eigenvalue weighted by molar-refractivity contribution is 5.94. The lowest BCUT2D eigenvalue weighted by atomic mass is 9.78. The molecule has 0 radical (unpaired) electrons. The first-order valence-electron chi connectivity index (χ1n) is 13.1. The van der Waals surface area contributed by atoms with Crippen LogP contribution in [-0.4, -0.2) is 64.9 Å². The number of nitrogens with one attached hydrogen (secondary N) is 3. The normalized spacial score (nSPS) is 28.5. The Kier molecular flexibility index (Phi) is 8.39. The minimum Gasteiger partial charge on any atom is -0.351 e. The second kappa shape index (κ2) is 10.7. The molecule has 12 heteroatoms. The largest absolute Gasteiger partial charge is 0.471 e. The average molecular weight is 542 g/mol. The minimum atomic E-state index is -5.17. The van der Waals surface area contributed by atoms with E-state index in [1.807, 2.05) is 25.2 Å². The van der Waals surface area contributed by atoms with E-state index in [1.54, 1.807) is 20.8 Å². The zero-order valence-corrected chi connectivity index (χ0v) is 22.6. The van der Waals surface area contributed by atoms with Crippen molar-refractivity contribution in [1.82, 2.24) is 20.9 Å². The summed E-state index contributed by atoms with van der Waals surface area (Å²) in [5.74, 6) is -4.40. The zero-order chi connectivity index (χ0) is 28.6. The van der Waals surface area contributed by atoms with Gasteiger partial charge in [-0.05, 0) is 56.8 Å². The Balaban J connectivity index is 1.83. The molecule has 0 bridgehead atoms. The minimum absolute atomic E-state index is 0.00988. The van der Waals surface area contributed by atoms with Crippen molar-refractivity contribution in [3.05, 3.63) is 0 Å². The lowest BCUT2D eigenvalue weighted by molar-refractivity contribution is -0.176. The molecule has 1 aliphatic carbocycles. The third-order valence-corrected chi connectivity index (χ3v) is 7.92. The van der Waals surface area contributed by atoms with Crippen LogP contribution in [0, 0.1) is 34.5 Å². The SMILES string of the molecule is CC1(C)CC(CC(C#N)NC(=O)C2C3CCCCC3CN2C(=O)C(NC(=O)C(F)(F)F)C(C)(C)C)C(=O)N1. The van der Waals surface area contributed by atoms with E-state index < -0.39 is 58.9 Å². The van der Waals surface area contributed by atoms with Gasteiger partial charge in [0.25, 0.3) is 0 Å². The molecule has 0 aromatic rings. The van der Waals surface area contributed by atoms with E-state index in [2.05, 4.69) is 10.6 Å². The van der Waals surface area contributed by atoms with E-state index in [0.717, 1.165) is 19.3 Å². The molecular formula is C26H38F3N5O4. The zero-order valence-electron chi connectivity index (χ0n) is 22.6. The molecule has 2 saturated heterocycles. The Morgan fingerprint density at radius 2 is 1.79 bits per heavy atom. The number of carbonyl (C=O) groups is 4. The molecule has 2 aliphatic heterocycles. The molecule has 3 rings (SSSR count). The van der Waals surface area contributed by atoms with Crippen molar-refractivity contribution in [2.45, 2.75) is 103 Å². The molecule has 6 atom stereocenters. The maximum Gasteiger partial charge on any atom is 0.471 e. The first kappa shape index (κ1) is 29.7. The summed E-state index contributed by atoms with van der Waals surface area (Å²) in [4.78, 5) is 52.7. The monoisotopic (exact) mass is 541 g/mol. The third kappa shape index (κ3) is 6.59. The van der Waals surface area contributed by atoms with Crippen molar-refractivity contribution < 1.29 is 32.3 Å². The number of alkyl halides is 3. The summed E-state index contributed by atoms with van der Waals surface area (Å²) < 4.78 is 39.1. The Morgan fingerprint density at radius 3 is 2.32 bits per heavy atom. The van der Waals surface area contributed by atoms with Crippen LogP contribution < -0.4 is 16.0 Å². The number of halogens is 3. The molecule has 3 aliphatic rings. The summed E-state index contributed by atoms with van der Waals surface area (Å²) in [6.45, 7) is 8.57. The molecule has 0 aromatic heterocycles. The maximum absolute atomic E-state index is 13.7. The van der Waals surface area contributed by atoms with E-state index in [-0.39, 0.29) is 30.7 Å². The summed E-state index contributed by atoms with van der Waals surface area (Å²) in [7, 11) is 0. The van der Waals surface area contributed by atoms with Crippen LogP contribution in [0.5, 0.6) is 0 Å². The highest BCUT2D eigenvalue weighted by atomic mass is 19.4. The highest BCUT2D eigenvalue weighted by Crippen LogP contribution is 2.42. The number of fused-ring (bicyclic) bond motifs is 1. The van der Waals surface area contributed by atoms with Crippen LogP contribution in [0.1, 0.15) is 73.1 Å². The van der Waals surface area contributed by atoms with Crippen LogP contribution in [0.15, 0.2) is 0 Å². The second-order valence-corrected chi connectivity index (χ2v) is 12.6. The van der Waals surface area contributed by atoms with Crippen molar-refractivity contribution >= 4 is 23.6 Å². The number of likely N-dealkylation sites (tertiary alicyclic amines) is 1. The molecule has 2 heterocycles. The average Bonchev–Trinajstić information content (AvgIpc) is 3.30. The molecule has 1 saturated carbocycles. The van der Waals surface area contributed by atoms with Crippen LogP contribution >= 0.6 is 0 Å². The Morgan fingerprint density at radius 1 is 1.16 bits per heavy atom. The number of hydrogen-bond donors (Lipinski definition) is 3. The van der Waals surface area contributed by atoms with Crippen LogP contribution in [0.4, 0.5) is 13.2 Å². The van der Waals surface area contributed by atoms with Crippen LogP contribution in [0.2, 0.25) is 0 Å². The summed E-state index contributed by atoms with van der Waals surface area (Å²) in [6.07, 6.45) is -1.35. The fraction of sp³-hybridized carbons (Fsp3) is 0.808. The van der Waals surface area contributed by atoms with Crippen molar-refractivity contribution in [2.24, 2.45) is 23.2 Å². The lowest BCUT2D eigenvalue weighted by Crippen LogP contribution is -2.60. The Hall–Kier alpha value is -2.84. The number of nitriles is 1. The van der Waals surface area contributed by atoms with E-state index in [9.17, 15) is 37.6 Å². The number of amides is 4. The van der Waals surface area contributed by atoms with Crippen molar-refractivity contribution in [3.63, 3.8) is 0 Å². The van der Waals surface area contributed by atoms with E-state index in [1.165, 1.54) is 4.90 Å². The van der Waals surface area contributed by atoms with Crippen LogP contribution in [0.25, 0.3) is 0 Å². The summed E-state index contributed by atoms with van der Waals surface area (Å²) in [6, 6.07) is -1.43. The lowest BCUT2D eigenvalue weighted by Gasteiger charge is -2.36. The quantitative estimate of drug-likeness (QED) is 0.475. The Bertz CT molecular complexity index is 1000. The van der Waals surface area contributed by atoms with Gasteiger partial charge >= 0.3 is 12.1 Å². The topological polar surface area (TPSA) is 131 Å². The molecule has 9 nitrogen and oxygen atoms in total. The molecule has 6 unspecified atom stereocenters. The van der Waals surface area contributed by atoms with E-state index in [4.69, 9.17) is 0 Å². The molecular weight excluding hydrogens is 503 g/mol. The second-order valence-electron chi connectivity index (χ2n) is 12.6. The van der Waals surface area contributed by atoms with E-state index in [0.29, 0.717) is 12.8 Å². The first-order chi connectivity index (χ1) is 17.4. The van der Waals surface area contributed by atoms with Gasteiger partial charge in [-0.3, -0.25) is 19.2 Å². The number of hydrogen-bond acceptors (Lipinski definition) is 5. The molecule has 4 amide bonds. The fourth-order valence-electron chi connectivity index (χ4n) is 6.14. The number of nitrogens with zero attached hydrogens (tertiary/aromatic N) is 2. The van der Waals surface area contributed by atoms with Gasteiger partial charge in [0.1, 0.15) is 18.1 Å². The fourth-order valence-corrected chi connectivity index (χ4v) is 6.14. The van der Waals surface area contributed by atoms with Gasteiger partial charge in [-0.1, -0.05) is 33.6 Å². The van der Waals surface area contributed by atoms with Gasteiger partial charge in [0.15, 0.2) is 0 Å². The third-order valence-electron chi connectivity index (χ3n) is 7.92. The van der Waals surface area contributed by atoms with Gasteiger partial charge in [-0.15, -0.1) is 0 Å². The summed E-state index contributed by atoms with van der Waals surface area (Å²) >= 11 is 0. The Labute approximate surface area is 221 Å². The molecule has 0 spiro atoms. The van der Waals surface area contributed by atoms with Gasteiger partial charge in [-0.2, -0.15) is 18.4 Å². The summed E-state index contributed by atoms with van der Waals surface area (Å²) in [5, 5.41) is 17.2. The standard InChI is InChI=1S/C26H38F3N5O4/c1-24(2,3)19(32-23(38)26(27,28)29)22(37)34-13-14-8-6-7-9-17(14)18(34)21(36)31-16(12-30)10-15-11-25(4,5)33-20(15)35/h14-19H,6-11,13H2,1-5H3,(H,31,36)(H,32,38)(H,33,35). The van der Waals surface area contributed by atoms with Gasteiger partial charge in [0, 0.05) is 18.0 Å². The predicted molar refractivity (Wildman–Crippen MR) is 131 cm³/mol. The van der Waals surface area contributed by atoms with Gasteiger partial charge < -0.3 is 20.9 Å². The first-order valence-corrected chi connectivity index (χ1v) is 13.1. The van der Waals surface area contributed by atoms with Gasteiger partial charge in [-0.25, -0.2) is 0 Å². The number of carbonyl (C=O) groups excluding carboxylic acids is 4. The molecule has 0 aromatic carbocycles. The number of rotatable bonds is 6. The van der Waals surface area contributed by atoms with Crippen LogP contribution in [0.3, 0.4) is 0 Å². The van der Waals surface area contributed by atoms with Gasteiger partial charge in [0.2, 0.25) is 17.7 Å². The molecule has 38 heavy (non-hydrogen) atoms. The summed E-state index contributed by atoms with van der Waals surface area (Å²) in [5.41, 5.74) is -1.48. The van der Waals surface area contributed by atoms with Crippen molar-refractivity contribution in [2.75, 3.05) is 6.54 Å². The van der Waals surface area contributed by atoms with Crippen molar-refractivity contribution in [1.29, 1.82) is 5.26 Å². The smallest absolute Gasteiger partial charge is 0.351 e. The molecule has 3 N–H and O–H groups in total. The highest BCUT2D eigenvalue weighted by Gasteiger charge is 2.52. The van der Waals surface area contributed by atoms with Crippen LogP contribution in [-0.2, 0) is 19.2 Å².